The Hall–Kier alpha value is -2.93. The molecule has 1 aromatic carbocycles. The van der Waals surface area contributed by atoms with E-state index in [-0.39, 0.29) is 6.54 Å². The zero-order valence-electron chi connectivity index (χ0n) is 17.5. The first kappa shape index (κ1) is 28.1. The molecule has 0 saturated heterocycles. The second-order valence-electron chi connectivity index (χ2n) is 6.39. The molecule has 0 atom stereocenters. The quantitative estimate of drug-likeness (QED) is 0.172. The van der Waals surface area contributed by atoms with E-state index in [9.17, 15) is 41.9 Å². The van der Waals surface area contributed by atoms with Crippen LogP contribution in [0.15, 0.2) is 12.1 Å². The van der Waals surface area contributed by atoms with Gasteiger partial charge in [-0.05, 0) is 0 Å². The van der Waals surface area contributed by atoms with Crippen LogP contribution in [0.4, 0.5) is 17.1 Å². The van der Waals surface area contributed by atoms with Crippen molar-refractivity contribution in [2.45, 2.75) is 0 Å². The molecule has 0 radical (unpaired) electrons. The summed E-state index contributed by atoms with van der Waals surface area (Å²) in [7, 11) is -7.83. The van der Waals surface area contributed by atoms with E-state index in [4.69, 9.17) is 5.11 Å². The standard InChI is InChI=1S/C15H22N4O12S2/c1-32(26,27)30-7-4-17(5-8-31-33(2,28)29)14-12(15(21)16-3-6-20)9-11(18(22)23)10-13(14)19(24)25/h9-10,20H,3-8H2,1-2H3,(H,16,21). The van der Waals surface area contributed by atoms with Crippen LogP contribution >= 0.6 is 0 Å². The van der Waals surface area contributed by atoms with Crippen molar-refractivity contribution in [2.24, 2.45) is 0 Å². The zero-order valence-corrected chi connectivity index (χ0v) is 19.1. The number of hydrogen-bond donors (Lipinski definition) is 2. The van der Waals surface area contributed by atoms with Crippen molar-refractivity contribution in [1.82, 2.24) is 5.32 Å². The first-order valence-corrected chi connectivity index (χ1v) is 12.6. The summed E-state index contributed by atoms with van der Waals surface area (Å²) in [4.78, 5) is 34.6. The molecular weight excluding hydrogens is 492 g/mol. The normalized spacial score (nSPS) is 11.7. The van der Waals surface area contributed by atoms with Gasteiger partial charge in [0.25, 0.3) is 37.5 Å². The topological polar surface area (TPSA) is 226 Å². The number of aliphatic hydroxyl groups is 1. The highest BCUT2D eigenvalue weighted by Crippen LogP contribution is 2.36. The Morgan fingerprint density at radius 3 is 1.94 bits per heavy atom. The number of benzene rings is 1. The molecule has 2 N–H and O–H groups in total. The number of nitrogens with one attached hydrogen (secondary N) is 1. The van der Waals surface area contributed by atoms with Gasteiger partial charge in [0.1, 0.15) is 5.69 Å². The zero-order chi connectivity index (χ0) is 25.4. The van der Waals surface area contributed by atoms with E-state index in [2.05, 4.69) is 13.7 Å². The smallest absolute Gasteiger partial charge is 0.300 e. The number of non-ortho nitro benzene ring substituents is 1. The van der Waals surface area contributed by atoms with Crippen molar-refractivity contribution in [3.63, 3.8) is 0 Å². The van der Waals surface area contributed by atoms with Crippen LogP contribution in [0, 0.1) is 20.2 Å². The predicted molar refractivity (Wildman–Crippen MR) is 113 cm³/mol. The van der Waals surface area contributed by atoms with Crippen LogP contribution in [0.25, 0.3) is 0 Å². The molecule has 0 fully saturated rings. The molecule has 1 amide bonds. The molecule has 0 aliphatic rings. The van der Waals surface area contributed by atoms with Crippen LogP contribution in [-0.4, -0.2) is 89.7 Å². The van der Waals surface area contributed by atoms with Gasteiger partial charge in [-0.3, -0.25) is 33.4 Å². The van der Waals surface area contributed by atoms with Gasteiger partial charge in [0.15, 0.2) is 0 Å². The highest BCUT2D eigenvalue weighted by molar-refractivity contribution is 7.86. The number of nitro groups is 2. The van der Waals surface area contributed by atoms with Gasteiger partial charge in [0.05, 0.1) is 53.8 Å². The Morgan fingerprint density at radius 2 is 1.55 bits per heavy atom. The molecule has 0 spiro atoms. The van der Waals surface area contributed by atoms with Gasteiger partial charge in [-0.25, -0.2) is 0 Å². The number of hydrogen-bond acceptors (Lipinski definition) is 13. The number of amides is 1. The Kier molecular flexibility index (Phi) is 10.0. The minimum atomic E-state index is -3.91. The fraction of sp³-hybridized carbons (Fsp3) is 0.533. The Labute approximate surface area is 188 Å². The summed E-state index contributed by atoms with van der Waals surface area (Å²) in [6.07, 6.45) is 1.51. The van der Waals surface area contributed by atoms with Gasteiger partial charge in [-0.2, -0.15) is 16.8 Å². The van der Waals surface area contributed by atoms with E-state index in [1.807, 2.05) is 0 Å². The van der Waals surface area contributed by atoms with Crippen molar-refractivity contribution >= 4 is 43.2 Å². The second-order valence-corrected chi connectivity index (χ2v) is 9.68. The van der Waals surface area contributed by atoms with Crippen molar-refractivity contribution in [3.8, 4) is 0 Å². The third kappa shape index (κ3) is 9.61. The lowest BCUT2D eigenvalue weighted by Gasteiger charge is -2.26. The van der Waals surface area contributed by atoms with Crippen LogP contribution in [0.5, 0.6) is 0 Å². The maximum atomic E-state index is 12.6. The molecule has 0 unspecified atom stereocenters. The fourth-order valence-electron chi connectivity index (χ4n) is 2.55. The van der Waals surface area contributed by atoms with E-state index in [1.54, 1.807) is 0 Å². The number of nitro benzene ring substituents is 2. The van der Waals surface area contributed by atoms with E-state index in [0.717, 1.165) is 23.5 Å². The van der Waals surface area contributed by atoms with Crippen LogP contribution in [-0.2, 0) is 28.6 Å². The average molecular weight is 514 g/mol. The third-order valence-corrected chi connectivity index (χ3v) is 4.95. The third-order valence-electron chi connectivity index (χ3n) is 3.76. The highest BCUT2D eigenvalue weighted by Gasteiger charge is 2.31. The predicted octanol–water partition coefficient (Wildman–Crippen LogP) is -1.02. The summed E-state index contributed by atoms with van der Waals surface area (Å²) in [6.45, 7) is -2.68. The molecule has 0 saturated carbocycles. The molecule has 1 rings (SSSR count). The maximum Gasteiger partial charge on any atom is 0.300 e. The van der Waals surface area contributed by atoms with Gasteiger partial charge >= 0.3 is 0 Å². The lowest BCUT2D eigenvalue weighted by molar-refractivity contribution is -0.393. The molecule has 18 heteroatoms. The van der Waals surface area contributed by atoms with E-state index >= 15 is 0 Å². The van der Waals surface area contributed by atoms with E-state index in [0.29, 0.717) is 6.07 Å². The Morgan fingerprint density at radius 1 is 1.03 bits per heavy atom. The fourth-order valence-corrected chi connectivity index (χ4v) is 3.31. The van der Waals surface area contributed by atoms with Gasteiger partial charge < -0.3 is 15.3 Å². The number of carbonyl (C=O) groups excluding carboxylic acids is 1. The van der Waals surface area contributed by atoms with Crippen molar-refractivity contribution in [1.29, 1.82) is 0 Å². The van der Waals surface area contributed by atoms with Gasteiger partial charge in [-0.1, -0.05) is 0 Å². The Balaban J connectivity index is 3.61. The Bertz CT molecular complexity index is 1070. The summed E-state index contributed by atoms with van der Waals surface area (Å²) in [6, 6.07) is 1.36. The molecule has 186 valence electrons. The summed E-state index contributed by atoms with van der Waals surface area (Å²) >= 11 is 0. The van der Waals surface area contributed by atoms with Crippen molar-refractivity contribution in [3.05, 3.63) is 37.9 Å². The van der Waals surface area contributed by atoms with Crippen molar-refractivity contribution in [2.75, 3.05) is 56.9 Å². The van der Waals surface area contributed by atoms with Gasteiger partial charge in [0, 0.05) is 25.7 Å². The van der Waals surface area contributed by atoms with Gasteiger partial charge in [-0.15, -0.1) is 0 Å². The van der Waals surface area contributed by atoms with Crippen LogP contribution in [0.3, 0.4) is 0 Å². The molecule has 1 aromatic rings. The summed E-state index contributed by atoms with van der Waals surface area (Å²) in [5.41, 5.74) is -2.66. The monoisotopic (exact) mass is 514 g/mol. The average Bonchev–Trinajstić information content (AvgIpc) is 2.68. The second kappa shape index (κ2) is 11.8. The lowest BCUT2D eigenvalue weighted by Crippen LogP contribution is -2.35. The van der Waals surface area contributed by atoms with E-state index < -0.39 is 91.5 Å². The molecule has 0 aliphatic heterocycles. The highest BCUT2D eigenvalue weighted by atomic mass is 32.2. The number of rotatable bonds is 14. The van der Waals surface area contributed by atoms with Crippen LogP contribution in [0.2, 0.25) is 0 Å². The summed E-state index contributed by atoms with van der Waals surface area (Å²) in [5.74, 6) is -1.01. The largest absolute Gasteiger partial charge is 0.395 e. The first-order chi connectivity index (χ1) is 15.2. The summed E-state index contributed by atoms with van der Waals surface area (Å²) in [5, 5.41) is 34.1. The maximum absolute atomic E-state index is 12.6. The number of carbonyl (C=O) groups is 1. The SMILES string of the molecule is CS(=O)(=O)OCCN(CCOS(C)(=O)=O)c1c(C(=O)NCCO)cc([N+](=O)[O-])cc1[N+](=O)[O-]. The number of aliphatic hydroxyl groups excluding tert-OH is 1. The van der Waals surface area contributed by atoms with Crippen LogP contribution in [0.1, 0.15) is 10.4 Å². The molecule has 16 nitrogen and oxygen atoms in total. The molecular formula is C15H22N4O12S2. The van der Waals surface area contributed by atoms with E-state index in [1.165, 1.54) is 0 Å². The minimum Gasteiger partial charge on any atom is -0.395 e. The minimum absolute atomic E-state index is 0.275. The lowest BCUT2D eigenvalue weighted by atomic mass is 10.1. The molecule has 0 bridgehead atoms. The number of nitrogens with zero attached hydrogens (tertiary/aromatic N) is 3. The van der Waals surface area contributed by atoms with Gasteiger partial charge in [0.2, 0.25) is 0 Å². The number of anilines is 1. The van der Waals surface area contributed by atoms with Crippen LogP contribution < -0.4 is 10.2 Å². The molecule has 33 heavy (non-hydrogen) atoms. The molecule has 0 aromatic heterocycles. The first-order valence-electron chi connectivity index (χ1n) is 8.96. The molecule has 0 aliphatic carbocycles. The summed E-state index contributed by atoms with van der Waals surface area (Å²) < 4.78 is 54.3. The molecule has 0 heterocycles. The van der Waals surface area contributed by atoms with Crippen molar-refractivity contribution < 1.29 is 44.9 Å².